The standard InChI is InChI=1S/C21H24N2O3.C20H23NO3.2C7H15NO3/c1-16-20(15-25-13-17-8-4-2-5-9-17)23(24)19(12-22)21(16)26-14-18-10-6-3-7-11-18;1-16-19(15-23-13-17-8-4-2-5-9-17)21(22)12-20(16)24-14-18-10-6-3-7-11-18;2*8-2-4-1-5(3-9)7(11)6(4)10/h2-11,16,19-21,24H,13-15H2,1H3;2-12,16,19-20H,13-15H2,1H3;2*4-7,9-11H,1-3,8H2/t16-,19+,20+,21-;16-,19+,20+;4-,5+,6+,7-;4-,5-,6-,7+/m0001/s1. The second-order valence-electron chi connectivity index (χ2n) is 19.2. The first kappa shape index (κ1) is 58.2. The van der Waals surface area contributed by atoms with Gasteiger partial charge in [-0.15, -0.1) is 0 Å². The van der Waals surface area contributed by atoms with E-state index < -0.39 is 30.5 Å². The van der Waals surface area contributed by atoms with E-state index in [4.69, 9.17) is 40.6 Å². The van der Waals surface area contributed by atoms with Crippen molar-refractivity contribution >= 4 is 6.21 Å². The lowest BCUT2D eigenvalue weighted by molar-refractivity contribution is -0.500. The molecule has 0 spiro atoms. The third kappa shape index (κ3) is 16.6. The average Bonchev–Trinajstić information content (AvgIpc) is 4.05. The van der Waals surface area contributed by atoms with Gasteiger partial charge in [0.25, 0.3) is 0 Å². The molecule has 3 fully saturated rings. The monoisotopic (exact) mass is 1000 g/mol. The molecule has 11 N–H and O–H groups in total. The molecule has 15 atom stereocenters. The molecule has 4 aromatic rings. The van der Waals surface area contributed by atoms with Crippen LogP contribution in [0, 0.1) is 52.0 Å². The highest BCUT2D eigenvalue weighted by atomic mass is 16.5. The second kappa shape index (κ2) is 30.5. The van der Waals surface area contributed by atoms with Gasteiger partial charge in [0.1, 0.15) is 18.8 Å². The van der Waals surface area contributed by atoms with Crippen LogP contribution >= 0.6 is 0 Å². The number of aliphatic hydroxyl groups excluding tert-OH is 6. The Labute approximate surface area is 424 Å². The van der Waals surface area contributed by atoms with E-state index in [1.165, 1.54) is 0 Å². The Hall–Kier alpha value is -4.72. The van der Waals surface area contributed by atoms with Crippen LogP contribution < -0.4 is 11.5 Å². The number of hydroxylamine groups is 3. The minimum atomic E-state index is -0.798. The van der Waals surface area contributed by atoms with Crippen molar-refractivity contribution < 1.29 is 59.5 Å². The molecule has 17 nitrogen and oxygen atoms in total. The normalized spacial score (nSPS) is 30.8. The van der Waals surface area contributed by atoms with E-state index in [0.29, 0.717) is 65.6 Å². The predicted molar refractivity (Wildman–Crippen MR) is 270 cm³/mol. The van der Waals surface area contributed by atoms with Gasteiger partial charge in [0.2, 0.25) is 0 Å². The molecule has 4 aromatic carbocycles. The Morgan fingerprint density at radius 2 is 0.986 bits per heavy atom. The number of nitrogens with two attached hydrogens (primary N) is 2. The minimum absolute atomic E-state index is 0.0239. The number of ether oxygens (including phenoxy) is 4. The van der Waals surface area contributed by atoms with E-state index in [1.807, 2.05) is 135 Å². The van der Waals surface area contributed by atoms with Crippen LogP contribution in [-0.2, 0) is 45.4 Å². The average molecular weight is 1000 g/mol. The highest BCUT2D eigenvalue weighted by Gasteiger charge is 2.48. The summed E-state index contributed by atoms with van der Waals surface area (Å²) in [7, 11) is 0. The molecule has 2 aliphatic heterocycles. The molecule has 4 aliphatic rings. The van der Waals surface area contributed by atoms with Crippen molar-refractivity contribution in [3.8, 4) is 6.07 Å². The smallest absolute Gasteiger partial charge is 0.191 e. The molecule has 1 saturated heterocycles. The van der Waals surface area contributed by atoms with Gasteiger partial charge in [0.15, 0.2) is 12.3 Å². The molecule has 8 rings (SSSR count). The third-order valence-corrected chi connectivity index (χ3v) is 14.2. The lowest BCUT2D eigenvalue weighted by Crippen LogP contribution is -2.37. The summed E-state index contributed by atoms with van der Waals surface area (Å²) in [6, 6.07) is 40.7. The van der Waals surface area contributed by atoms with Gasteiger partial charge in [-0.3, -0.25) is 0 Å². The van der Waals surface area contributed by atoms with Crippen molar-refractivity contribution in [2.24, 2.45) is 47.0 Å². The molecule has 2 aliphatic carbocycles. The number of hydrogen-bond acceptors (Lipinski definition) is 16. The number of nitriles is 1. The van der Waals surface area contributed by atoms with Crippen molar-refractivity contribution in [1.29, 1.82) is 5.26 Å². The van der Waals surface area contributed by atoms with E-state index >= 15 is 0 Å². The first-order valence-corrected chi connectivity index (χ1v) is 24.9. The van der Waals surface area contributed by atoms with Crippen molar-refractivity contribution in [3.05, 3.63) is 149 Å². The quantitative estimate of drug-likeness (QED) is 0.0510. The van der Waals surface area contributed by atoms with Crippen LogP contribution in [0.3, 0.4) is 0 Å². The van der Waals surface area contributed by atoms with E-state index in [2.05, 4.69) is 6.07 Å². The molecular formula is C55H77N5O12. The van der Waals surface area contributed by atoms with Gasteiger partial charge in [-0.25, -0.2) is 4.74 Å². The largest absolute Gasteiger partial charge is 0.624 e. The maximum absolute atomic E-state index is 12.1. The van der Waals surface area contributed by atoms with Crippen LogP contribution in [0.25, 0.3) is 0 Å². The third-order valence-electron chi connectivity index (χ3n) is 14.2. The molecule has 2 heterocycles. The maximum atomic E-state index is 12.1. The van der Waals surface area contributed by atoms with Crippen molar-refractivity contribution in [3.63, 3.8) is 0 Å². The van der Waals surface area contributed by atoms with E-state index in [0.717, 1.165) is 32.1 Å². The van der Waals surface area contributed by atoms with Crippen LogP contribution in [0.4, 0.5) is 0 Å². The summed E-state index contributed by atoms with van der Waals surface area (Å²) >= 11 is 0. The van der Waals surface area contributed by atoms with Gasteiger partial charge >= 0.3 is 0 Å². The number of aliphatic hydroxyl groups is 6. The van der Waals surface area contributed by atoms with Crippen LogP contribution in [0.15, 0.2) is 121 Å². The minimum Gasteiger partial charge on any atom is -0.624 e. The van der Waals surface area contributed by atoms with Gasteiger partial charge in [0, 0.05) is 42.8 Å². The van der Waals surface area contributed by atoms with E-state index in [9.17, 15) is 36.1 Å². The molecular weight excluding hydrogens is 923 g/mol. The molecule has 2 saturated carbocycles. The van der Waals surface area contributed by atoms with Gasteiger partial charge in [-0.1, -0.05) is 135 Å². The van der Waals surface area contributed by atoms with Crippen molar-refractivity contribution in [1.82, 2.24) is 5.06 Å². The van der Waals surface area contributed by atoms with Crippen LogP contribution in [0.1, 0.15) is 48.9 Å². The van der Waals surface area contributed by atoms with Crippen molar-refractivity contribution in [2.75, 3.05) is 39.5 Å². The molecule has 0 amide bonds. The van der Waals surface area contributed by atoms with Crippen LogP contribution in [0.5, 0.6) is 0 Å². The van der Waals surface area contributed by atoms with Crippen LogP contribution in [-0.4, -0.2) is 146 Å². The highest BCUT2D eigenvalue weighted by Crippen LogP contribution is 2.33. The van der Waals surface area contributed by atoms with Gasteiger partial charge in [0.05, 0.1) is 81.6 Å². The topological polar surface area (TPSA) is 284 Å². The Kier molecular flexibility index (Phi) is 24.6. The fourth-order valence-electron chi connectivity index (χ4n) is 9.53. The number of benzene rings is 4. The maximum Gasteiger partial charge on any atom is 0.191 e. The summed E-state index contributed by atoms with van der Waals surface area (Å²) in [4.78, 5) is 0. The zero-order valence-corrected chi connectivity index (χ0v) is 41.4. The van der Waals surface area contributed by atoms with E-state index in [-0.39, 0.29) is 73.0 Å². The first-order chi connectivity index (χ1) is 34.8. The predicted octanol–water partition coefficient (Wildman–Crippen LogP) is 3.37. The Morgan fingerprint density at radius 1 is 0.597 bits per heavy atom. The lowest BCUT2D eigenvalue weighted by Gasteiger charge is -2.21. The molecule has 17 heteroatoms. The molecule has 0 aromatic heterocycles. The molecule has 0 radical (unpaired) electrons. The number of hydrogen-bond donors (Lipinski definition) is 9. The van der Waals surface area contributed by atoms with Gasteiger partial charge in [-0.05, 0) is 48.2 Å². The zero-order chi connectivity index (χ0) is 52.0. The summed E-state index contributed by atoms with van der Waals surface area (Å²) in [6.45, 7) is 7.30. The van der Waals surface area contributed by atoms with Crippen LogP contribution in [0.2, 0.25) is 0 Å². The lowest BCUT2D eigenvalue weighted by atomic mass is 9.98. The SMILES string of the molecule is C[C@@H]1[C@H](OCc2ccccc2)[C@@H](C#N)N(O)[C@@H]1COCc1ccccc1.C[C@H]1[C@@H](COCc2ccccc2)[N+]([O-])=C[C@H]1OCc1ccccc1.NC[C@@H]1C[C@H](CO)[C@H](O)[C@@H]1O.NC[C@H]1C[C@H](CO)[C@H](O)[C@@H]1O. The molecule has 72 heavy (non-hydrogen) atoms. The fraction of sp³-hybridized carbons (Fsp3) is 0.527. The molecule has 0 bridgehead atoms. The summed E-state index contributed by atoms with van der Waals surface area (Å²) in [5, 5.41) is 87.9. The summed E-state index contributed by atoms with van der Waals surface area (Å²) in [5.74, 6) is -0.424. The Morgan fingerprint density at radius 3 is 1.36 bits per heavy atom. The Bertz CT molecular complexity index is 2100. The van der Waals surface area contributed by atoms with Crippen molar-refractivity contribution in [2.45, 2.75) is 108 Å². The molecule has 0 unspecified atom stereocenters. The second-order valence-corrected chi connectivity index (χ2v) is 19.2. The summed E-state index contributed by atoms with van der Waals surface area (Å²) in [6.07, 6.45) is -0.769. The zero-order valence-electron chi connectivity index (χ0n) is 41.4. The number of rotatable bonds is 18. The highest BCUT2D eigenvalue weighted by molar-refractivity contribution is 5.60. The molecule has 394 valence electrons. The fourth-order valence-corrected chi connectivity index (χ4v) is 9.53. The number of nitrogens with zero attached hydrogens (tertiary/aromatic N) is 3. The van der Waals surface area contributed by atoms with Gasteiger partial charge in [-0.2, -0.15) is 10.3 Å². The first-order valence-electron chi connectivity index (χ1n) is 24.9. The summed E-state index contributed by atoms with van der Waals surface area (Å²) < 4.78 is 24.4. The van der Waals surface area contributed by atoms with Gasteiger partial charge < -0.3 is 71.5 Å². The Balaban J connectivity index is 0.000000191. The summed E-state index contributed by atoms with van der Waals surface area (Å²) in [5.41, 5.74) is 15.1. The van der Waals surface area contributed by atoms with E-state index in [1.54, 1.807) is 6.21 Å².